The molecule has 0 spiro atoms. The van der Waals surface area contributed by atoms with Crippen LogP contribution in [0.15, 0.2) is 36.4 Å². The van der Waals surface area contributed by atoms with Crippen molar-refractivity contribution in [3.8, 4) is 17.2 Å². The molecule has 3 atom stereocenters. The summed E-state index contributed by atoms with van der Waals surface area (Å²) in [7, 11) is 1.54. The van der Waals surface area contributed by atoms with Crippen molar-refractivity contribution < 1.29 is 33.7 Å². The summed E-state index contributed by atoms with van der Waals surface area (Å²) in [6.45, 7) is 4.60. The number of benzene rings is 2. The number of hydrogen-bond acceptors (Lipinski definition) is 8. The third-order valence-electron chi connectivity index (χ3n) is 8.84. The van der Waals surface area contributed by atoms with Gasteiger partial charge < -0.3 is 34.9 Å². The number of rotatable bonds is 13. The van der Waals surface area contributed by atoms with E-state index in [1.807, 2.05) is 46.2 Å². The first-order chi connectivity index (χ1) is 20.8. The maximum atomic E-state index is 14.0. The quantitative estimate of drug-likeness (QED) is 0.358. The predicted molar refractivity (Wildman–Crippen MR) is 160 cm³/mol. The van der Waals surface area contributed by atoms with Gasteiger partial charge in [-0.2, -0.15) is 0 Å². The first kappa shape index (κ1) is 30.6. The van der Waals surface area contributed by atoms with Crippen molar-refractivity contribution in [3.05, 3.63) is 47.5 Å². The van der Waals surface area contributed by atoms with Crippen LogP contribution >= 0.6 is 0 Å². The molecule has 0 aliphatic carbocycles. The van der Waals surface area contributed by atoms with E-state index in [1.165, 1.54) is 7.11 Å². The number of carboxylic acid groups (broad SMARTS) is 1. The molecule has 5 rings (SSSR count). The second kappa shape index (κ2) is 13.6. The summed E-state index contributed by atoms with van der Waals surface area (Å²) >= 11 is 0. The summed E-state index contributed by atoms with van der Waals surface area (Å²) in [5, 5.41) is 10.6. The Labute approximate surface area is 252 Å². The number of amides is 2. The molecule has 3 aliphatic rings. The SMILES string of the molecule is CCCCN(C(=O)CN1C[C@H](c2cc(OC)c3c(c2)OCO3)[C@@H](C(=O)O)[C@@H]1CCN1CCCC1=O)c1cccc(CN)c1. The molecule has 3 N–H and O–H groups in total. The molecule has 11 nitrogen and oxygen atoms in total. The van der Waals surface area contributed by atoms with Gasteiger partial charge in [-0.3, -0.25) is 19.3 Å². The van der Waals surface area contributed by atoms with Gasteiger partial charge in [-0.05, 0) is 54.7 Å². The molecule has 43 heavy (non-hydrogen) atoms. The van der Waals surface area contributed by atoms with Crippen molar-refractivity contribution in [2.45, 2.75) is 57.5 Å². The van der Waals surface area contributed by atoms with Crippen molar-refractivity contribution in [2.24, 2.45) is 11.7 Å². The lowest BCUT2D eigenvalue weighted by Crippen LogP contribution is -2.45. The third-order valence-corrected chi connectivity index (χ3v) is 8.84. The Bertz CT molecular complexity index is 1330. The van der Waals surface area contributed by atoms with E-state index in [2.05, 4.69) is 6.92 Å². The van der Waals surface area contributed by atoms with Crippen LogP contribution in [0.2, 0.25) is 0 Å². The van der Waals surface area contributed by atoms with Crippen LogP contribution in [0.3, 0.4) is 0 Å². The van der Waals surface area contributed by atoms with E-state index in [4.69, 9.17) is 19.9 Å². The molecule has 2 amide bonds. The van der Waals surface area contributed by atoms with Crippen LogP contribution in [0.5, 0.6) is 17.2 Å². The lowest BCUT2D eigenvalue weighted by Gasteiger charge is -2.31. The molecule has 232 valence electrons. The maximum Gasteiger partial charge on any atom is 0.308 e. The fourth-order valence-corrected chi connectivity index (χ4v) is 6.61. The van der Waals surface area contributed by atoms with Gasteiger partial charge in [0.2, 0.25) is 24.4 Å². The van der Waals surface area contributed by atoms with E-state index < -0.39 is 23.8 Å². The number of fused-ring (bicyclic) bond motifs is 1. The normalized spacial score (nSPS) is 21.4. The van der Waals surface area contributed by atoms with E-state index in [0.29, 0.717) is 62.8 Å². The van der Waals surface area contributed by atoms with E-state index in [9.17, 15) is 19.5 Å². The first-order valence-electron chi connectivity index (χ1n) is 15.2. The molecular weight excluding hydrogens is 552 g/mol. The Hall–Kier alpha value is -3.83. The van der Waals surface area contributed by atoms with Gasteiger partial charge in [0, 0.05) is 56.8 Å². The Kier molecular flexibility index (Phi) is 9.72. The van der Waals surface area contributed by atoms with Crippen LogP contribution in [0.4, 0.5) is 5.69 Å². The minimum absolute atomic E-state index is 0.0527. The van der Waals surface area contributed by atoms with Crippen LogP contribution in [-0.4, -0.2) is 85.4 Å². The van der Waals surface area contributed by atoms with Crippen molar-refractivity contribution in [3.63, 3.8) is 0 Å². The lowest BCUT2D eigenvalue weighted by molar-refractivity contribution is -0.143. The molecule has 2 fully saturated rings. The summed E-state index contributed by atoms with van der Waals surface area (Å²) in [5.74, 6) is -0.691. The van der Waals surface area contributed by atoms with Crippen molar-refractivity contribution >= 4 is 23.5 Å². The van der Waals surface area contributed by atoms with Crippen molar-refractivity contribution in [2.75, 3.05) is 51.5 Å². The predicted octanol–water partition coefficient (Wildman–Crippen LogP) is 3.20. The smallest absolute Gasteiger partial charge is 0.308 e. The number of anilines is 1. The molecular formula is C32H42N4O7. The molecule has 0 radical (unpaired) electrons. The number of carbonyl (C=O) groups is 3. The Balaban J connectivity index is 1.46. The largest absolute Gasteiger partial charge is 0.493 e. The average Bonchev–Trinajstić information content (AvgIpc) is 3.74. The number of hydrogen-bond donors (Lipinski definition) is 2. The fraction of sp³-hybridized carbons (Fsp3) is 0.531. The summed E-state index contributed by atoms with van der Waals surface area (Å²) in [6.07, 6.45) is 3.53. The van der Waals surface area contributed by atoms with E-state index >= 15 is 0 Å². The number of nitrogens with two attached hydrogens (primary N) is 1. The zero-order valence-electron chi connectivity index (χ0n) is 25.0. The number of unbranched alkanes of at least 4 members (excludes halogenated alkanes) is 1. The number of likely N-dealkylation sites (tertiary alicyclic amines) is 2. The second-order valence-corrected chi connectivity index (χ2v) is 11.5. The Morgan fingerprint density at radius 2 is 2.05 bits per heavy atom. The molecule has 3 aliphatic heterocycles. The molecule has 2 saturated heterocycles. The van der Waals surface area contributed by atoms with E-state index in [-0.39, 0.29) is 25.2 Å². The number of nitrogens with zero attached hydrogens (tertiary/aromatic N) is 3. The van der Waals surface area contributed by atoms with Gasteiger partial charge in [-0.1, -0.05) is 25.5 Å². The highest BCUT2D eigenvalue weighted by Gasteiger charge is 2.48. The van der Waals surface area contributed by atoms with Gasteiger partial charge in [0.15, 0.2) is 11.5 Å². The van der Waals surface area contributed by atoms with Crippen LogP contribution in [-0.2, 0) is 20.9 Å². The summed E-state index contributed by atoms with van der Waals surface area (Å²) in [4.78, 5) is 45.0. The van der Waals surface area contributed by atoms with Crippen molar-refractivity contribution in [1.29, 1.82) is 0 Å². The van der Waals surface area contributed by atoms with Crippen molar-refractivity contribution in [1.82, 2.24) is 9.80 Å². The molecule has 3 heterocycles. The standard InChI is InChI=1S/C32H42N4O7/c1-3-4-12-36(23-8-5-7-21(14-23)17-33)29(38)19-35-18-24(22-15-26(41-2)31-27(16-22)42-20-43-31)30(32(39)40)25(35)10-13-34-11-6-9-28(34)37/h5,7-8,14-16,24-25,30H,3-4,6,9-13,17-20,33H2,1-2H3,(H,39,40)/t24-,25+,30-/m1/s1. The summed E-state index contributed by atoms with van der Waals surface area (Å²) in [6, 6.07) is 10.9. The molecule has 11 heteroatoms. The van der Waals surface area contributed by atoms with E-state index in [0.717, 1.165) is 36.1 Å². The molecule has 0 unspecified atom stereocenters. The highest BCUT2D eigenvalue weighted by atomic mass is 16.7. The minimum Gasteiger partial charge on any atom is -0.493 e. The molecule has 0 saturated carbocycles. The van der Waals surface area contributed by atoms with Crippen LogP contribution in [0, 0.1) is 5.92 Å². The third kappa shape index (κ3) is 6.57. The zero-order chi connectivity index (χ0) is 30.5. The second-order valence-electron chi connectivity index (χ2n) is 11.5. The van der Waals surface area contributed by atoms with Gasteiger partial charge in [0.05, 0.1) is 19.6 Å². The zero-order valence-corrected chi connectivity index (χ0v) is 25.0. The monoisotopic (exact) mass is 594 g/mol. The Morgan fingerprint density at radius 1 is 1.21 bits per heavy atom. The van der Waals surface area contributed by atoms with Gasteiger partial charge in [-0.25, -0.2) is 0 Å². The molecule has 2 aromatic carbocycles. The van der Waals surface area contributed by atoms with Crippen LogP contribution < -0.4 is 24.8 Å². The fourth-order valence-electron chi connectivity index (χ4n) is 6.61. The number of methoxy groups -OCH3 is 1. The van der Waals surface area contributed by atoms with E-state index in [1.54, 1.807) is 4.90 Å². The first-order valence-corrected chi connectivity index (χ1v) is 15.2. The maximum absolute atomic E-state index is 14.0. The molecule has 2 aromatic rings. The summed E-state index contributed by atoms with van der Waals surface area (Å²) in [5.41, 5.74) is 8.36. The lowest BCUT2D eigenvalue weighted by atomic mass is 9.84. The average molecular weight is 595 g/mol. The minimum atomic E-state index is -0.937. The van der Waals surface area contributed by atoms with Crippen LogP contribution in [0.25, 0.3) is 0 Å². The number of aliphatic carboxylic acids is 1. The highest BCUT2D eigenvalue weighted by Crippen LogP contribution is 2.47. The molecule has 0 aromatic heterocycles. The van der Waals surface area contributed by atoms with Gasteiger partial charge in [0.25, 0.3) is 0 Å². The van der Waals surface area contributed by atoms with Crippen LogP contribution in [0.1, 0.15) is 56.1 Å². The number of carbonyl (C=O) groups excluding carboxylic acids is 2. The molecule has 0 bridgehead atoms. The van der Waals surface area contributed by atoms with Gasteiger partial charge in [0.1, 0.15) is 0 Å². The van der Waals surface area contributed by atoms with Gasteiger partial charge in [-0.15, -0.1) is 0 Å². The highest BCUT2D eigenvalue weighted by molar-refractivity contribution is 5.95. The number of ether oxygens (including phenoxy) is 3. The number of carboxylic acids is 1. The topological polar surface area (TPSA) is 135 Å². The van der Waals surface area contributed by atoms with Gasteiger partial charge >= 0.3 is 5.97 Å². The summed E-state index contributed by atoms with van der Waals surface area (Å²) < 4.78 is 16.8. The Morgan fingerprint density at radius 3 is 2.74 bits per heavy atom.